The second kappa shape index (κ2) is 2.48. The van der Waals surface area contributed by atoms with Gasteiger partial charge in [-0.15, -0.1) is 0 Å². The van der Waals surface area contributed by atoms with Gasteiger partial charge in [0.25, 0.3) is 0 Å². The number of nitrogens with two attached hydrogens (primary N) is 1. The van der Waals surface area contributed by atoms with Gasteiger partial charge in [-0.1, -0.05) is 0 Å². The minimum Gasteiger partial charge on any atom is -0.478 e. The van der Waals surface area contributed by atoms with Crippen LogP contribution in [0.25, 0.3) is 5.52 Å². The second-order valence-electron chi connectivity index (χ2n) is 2.66. The summed E-state index contributed by atoms with van der Waals surface area (Å²) in [6, 6.07) is 4.88. The lowest BCUT2D eigenvalue weighted by atomic mass is 10.3. The molecule has 0 aliphatic carbocycles. The van der Waals surface area contributed by atoms with Crippen molar-refractivity contribution in [1.29, 1.82) is 0 Å². The SMILES string of the molecule is Nc1ccc2cc(C(=O)O)cn2n1. The molecule has 0 fully saturated rings. The van der Waals surface area contributed by atoms with E-state index in [4.69, 9.17) is 10.8 Å². The fraction of sp³-hybridized carbons (Fsp3) is 0. The number of carboxylic acids is 1. The van der Waals surface area contributed by atoms with Gasteiger partial charge in [0, 0.05) is 6.20 Å². The van der Waals surface area contributed by atoms with Gasteiger partial charge in [-0.2, -0.15) is 5.10 Å². The summed E-state index contributed by atoms with van der Waals surface area (Å²) < 4.78 is 1.44. The number of aromatic nitrogens is 2. The summed E-state index contributed by atoms with van der Waals surface area (Å²) in [6.07, 6.45) is 1.42. The molecule has 0 aliphatic rings. The van der Waals surface area contributed by atoms with Crippen molar-refractivity contribution in [2.45, 2.75) is 0 Å². The average Bonchev–Trinajstić information content (AvgIpc) is 2.46. The van der Waals surface area contributed by atoms with Crippen molar-refractivity contribution in [3.05, 3.63) is 30.0 Å². The summed E-state index contributed by atoms with van der Waals surface area (Å²) in [7, 11) is 0. The molecule has 0 spiro atoms. The Kier molecular flexibility index (Phi) is 1.45. The molecule has 0 unspecified atom stereocenters. The van der Waals surface area contributed by atoms with Gasteiger partial charge in [-0.25, -0.2) is 9.31 Å². The Bertz CT molecular complexity index is 475. The van der Waals surface area contributed by atoms with Crippen molar-refractivity contribution >= 4 is 17.3 Å². The highest BCUT2D eigenvalue weighted by atomic mass is 16.4. The first-order chi connectivity index (χ1) is 6.16. The Hall–Kier alpha value is -2.04. The number of hydrogen-bond donors (Lipinski definition) is 2. The van der Waals surface area contributed by atoms with Crippen molar-refractivity contribution in [2.75, 3.05) is 5.73 Å². The Morgan fingerprint density at radius 1 is 1.54 bits per heavy atom. The molecule has 0 atom stereocenters. The highest BCUT2D eigenvalue weighted by Crippen LogP contribution is 2.09. The molecule has 66 valence electrons. The maximum Gasteiger partial charge on any atom is 0.337 e. The molecular weight excluding hydrogens is 170 g/mol. The molecule has 2 aromatic heterocycles. The molecule has 5 heteroatoms. The molecule has 0 saturated heterocycles. The predicted molar refractivity (Wildman–Crippen MR) is 46.6 cm³/mol. The molecule has 3 N–H and O–H groups in total. The third-order valence-corrected chi connectivity index (χ3v) is 1.72. The zero-order chi connectivity index (χ0) is 9.42. The lowest BCUT2D eigenvalue weighted by Gasteiger charge is -1.93. The lowest BCUT2D eigenvalue weighted by Crippen LogP contribution is -1.96. The summed E-state index contributed by atoms with van der Waals surface area (Å²) in [5.74, 6) is -0.607. The molecule has 13 heavy (non-hydrogen) atoms. The molecule has 5 nitrogen and oxygen atoms in total. The first kappa shape index (κ1) is 7.60. The van der Waals surface area contributed by atoms with E-state index in [0.29, 0.717) is 11.3 Å². The zero-order valence-corrected chi connectivity index (χ0v) is 6.64. The molecule has 2 rings (SSSR count). The normalized spacial score (nSPS) is 10.5. The third-order valence-electron chi connectivity index (χ3n) is 1.72. The maximum absolute atomic E-state index is 10.6. The van der Waals surface area contributed by atoms with Crippen LogP contribution in [0.1, 0.15) is 10.4 Å². The number of aromatic carboxylic acids is 1. The summed E-state index contributed by atoms with van der Waals surface area (Å²) in [6.45, 7) is 0. The summed E-state index contributed by atoms with van der Waals surface area (Å²) in [5.41, 5.74) is 6.35. The van der Waals surface area contributed by atoms with Crippen LogP contribution in [0.15, 0.2) is 24.4 Å². The van der Waals surface area contributed by atoms with E-state index < -0.39 is 5.97 Å². The predicted octanol–water partition coefficient (Wildman–Crippen LogP) is 0.615. The Labute approximate surface area is 73.4 Å². The Balaban J connectivity index is 2.68. The zero-order valence-electron chi connectivity index (χ0n) is 6.64. The number of nitrogens with zero attached hydrogens (tertiary/aromatic N) is 2. The number of rotatable bonds is 1. The van der Waals surface area contributed by atoms with Gasteiger partial charge in [0.2, 0.25) is 0 Å². The van der Waals surface area contributed by atoms with Crippen LogP contribution in [-0.2, 0) is 0 Å². The van der Waals surface area contributed by atoms with E-state index in [9.17, 15) is 4.79 Å². The van der Waals surface area contributed by atoms with Crippen LogP contribution < -0.4 is 5.73 Å². The van der Waals surface area contributed by atoms with Crippen LogP contribution in [0.4, 0.5) is 5.82 Å². The van der Waals surface area contributed by atoms with E-state index in [1.54, 1.807) is 12.1 Å². The molecule has 2 heterocycles. The van der Waals surface area contributed by atoms with Crippen LogP contribution in [0.3, 0.4) is 0 Å². The van der Waals surface area contributed by atoms with E-state index in [1.807, 2.05) is 0 Å². The number of carbonyl (C=O) groups is 1. The number of nitrogen functional groups attached to an aromatic ring is 1. The van der Waals surface area contributed by atoms with Gasteiger partial charge < -0.3 is 10.8 Å². The fourth-order valence-electron chi connectivity index (χ4n) is 1.13. The van der Waals surface area contributed by atoms with Crippen LogP contribution in [0.5, 0.6) is 0 Å². The first-order valence-corrected chi connectivity index (χ1v) is 3.65. The highest BCUT2D eigenvalue weighted by molar-refractivity contribution is 5.89. The van der Waals surface area contributed by atoms with Gasteiger partial charge in [-0.3, -0.25) is 0 Å². The van der Waals surface area contributed by atoms with Crippen molar-refractivity contribution in [2.24, 2.45) is 0 Å². The molecule has 2 aromatic rings. The van der Waals surface area contributed by atoms with Gasteiger partial charge in [0.1, 0.15) is 5.82 Å². The van der Waals surface area contributed by atoms with Crippen molar-refractivity contribution in [3.63, 3.8) is 0 Å². The number of hydrogen-bond acceptors (Lipinski definition) is 3. The van der Waals surface area contributed by atoms with Crippen LogP contribution >= 0.6 is 0 Å². The van der Waals surface area contributed by atoms with Crippen LogP contribution in [-0.4, -0.2) is 20.7 Å². The quantitative estimate of drug-likeness (QED) is 0.668. The minimum atomic E-state index is -0.968. The molecule has 0 radical (unpaired) electrons. The van der Waals surface area contributed by atoms with Crippen molar-refractivity contribution in [1.82, 2.24) is 9.61 Å². The number of fused-ring (bicyclic) bond motifs is 1. The first-order valence-electron chi connectivity index (χ1n) is 3.65. The number of carboxylic acid groups (broad SMARTS) is 1. The van der Waals surface area contributed by atoms with E-state index in [0.717, 1.165) is 0 Å². The highest BCUT2D eigenvalue weighted by Gasteiger charge is 2.06. The Morgan fingerprint density at radius 2 is 2.31 bits per heavy atom. The van der Waals surface area contributed by atoms with Crippen molar-refractivity contribution in [3.8, 4) is 0 Å². The van der Waals surface area contributed by atoms with Gasteiger partial charge >= 0.3 is 5.97 Å². The average molecular weight is 177 g/mol. The van der Waals surface area contributed by atoms with Gasteiger partial charge in [-0.05, 0) is 18.2 Å². The topological polar surface area (TPSA) is 80.6 Å². The van der Waals surface area contributed by atoms with Crippen LogP contribution in [0, 0.1) is 0 Å². The molecule has 0 aromatic carbocycles. The molecule has 0 aliphatic heterocycles. The van der Waals surface area contributed by atoms with Crippen molar-refractivity contribution < 1.29 is 9.90 Å². The molecule has 0 amide bonds. The monoisotopic (exact) mass is 177 g/mol. The van der Waals surface area contributed by atoms with E-state index in [2.05, 4.69) is 5.10 Å². The summed E-state index contributed by atoms with van der Waals surface area (Å²) in [5, 5.41) is 12.6. The largest absolute Gasteiger partial charge is 0.478 e. The molecule has 0 bridgehead atoms. The summed E-state index contributed by atoms with van der Waals surface area (Å²) >= 11 is 0. The maximum atomic E-state index is 10.6. The minimum absolute atomic E-state index is 0.207. The summed E-state index contributed by atoms with van der Waals surface area (Å²) in [4.78, 5) is 10.6. The smallest absolute Gasteiger partial charge is 0.337 e. The van der Waals surface area contributed by atoms with E-state index in [-0.39, 0.29) is 5.56 Å². The second-order valence-corrected chi connectivity index (χ2v) is 2.66. The third kappa shape index (κ3) is 1.20. The lowest BCUT2D eigenvalue weighted by molar-refractivity contribution is 0.0697. The molecule has 0 saturated carbocycles. The number of anilines is 1. The fourth-order valence-corrected chi connectivity index (χ4v) is 1.13. The standard InChI is InChI=1S/C8H7N3O2/c9-7-2-1-6-3-5(8(12)13)4-11(6)10-7/h1-4H,(H2,9,10)(H,12,13). The van der Waals surface area contributed by atoms with E-state index in [1.165, 1.54) is 16.8 Å². The molecular formula is C8H7N3O2. The van der Waals surface area contributed by atoms with Crippen LogP contribution in [0.2, 0.25) is 0 Å². The van der Waals surface area contributed by atoms with Gasteiger partial charge in [0.15, 0.2) is 0 Å². The van der Waals surface area contributed by atoms with Gasteiger partial charge in [0.05, 0.1) is 11.1 Å². The Morgan fingerprint density at radius 3 is 3.00 bits per heavy atom. The van der Waals surface area contributed by atoms with E-state index >= 15 is 0 Å².